The highest BCUT2D eigenvalue weighted by Crippen LogP contribution is 2.12. The van der Waals surface area contributed by atoms with E-state index in [2.05, 4.69) is 0 Å². The van der Waals surface area contributed by atoms with E-state index in [4.69, 9.17) is 4.74 Å². The molecule has 0 aromatic rings. The maximum atomic E-state index is 11.4. The van der Waals surface area contributed by atoms with Crippen LogP contribution in [0.1, 0.15) is 58.3 Å². The molecule has 86 valence electrons. The Balaban J connectivity index is 2.38. The Kier molecular flexibility index (Phi) is 5.37. The molecule has 0 aliphatic carbocycles. The molecular weight excluding hydrogens is 192 g/mol. The third-order valence-corrected chi connectivity index (χ3v) is 2.75. The average molecular weight is 212 g/mol. The molecule has 3 nitrogen and oxygen atoms in total. The van der Waals surface area contributed by atoms with Crippen molar-refractivity contribution < 1.29 is 14.3 Å². The topological polar surface area (TPSA) is 43.4 Å². The predicted octanol–water partition coefficient (Wildman–Crippen LogP) is 2.62. The third kappa shape index (κ3) is 5.55. The molecule has 0 spiro atoms. The summed E-state index contributed by atoms with van der Waals surface area (Å²) < 4.78 is 5.18. The largest absolute Gasteiger partial charge is 0.463 e. The molecule has 1 unspecified atom stereocenters. The lowest BCUT2D eigenvalue weighted by Gasteiger charge is -2.13. The molecule has 0 aromatic heterocycles. The number of carbonyl (C=O) groups excluding carboxylic acids is 2. The van der Waals surface area contributed by atoms with Crippen LogP contribution < -0.4 is 0 Å². The fourth-order valence-corrected chi connectivity index (χ4v) is 1.78. The molecule has 15 heavy (non-hydrogen) atoms. The molecule has 0 amide bonds. The second kappa shape index (κ2) is 6.59. The molecule has 0 saturated carbocycles. The zero-order valence-corrected chi connectivity index (χ0v) is 9.46. The molecule has 0 N–H and O–H groups in total. The predicted molar refractivity (Wildman–Crippen MR) is 57.5 cm³/mol. The molecule has 1 saturated heterocycles. The van der Waals surface area contributed by atoms with Gasteiger partial charge in [0.25, 0.3) is 0 Å². The second-order valence-corrected chi connectivity index (χ2v) is 4.29. The van der Waals surface area contributed by atoms with E-state index in [0.29, 0.717) is 31.5 Å². The van der Waals surface area contributed by atoms with Crippen LogP contribution in [0, 0.1) is 0 Å². The Hall–Kier alpha value is -0.860. The lowest BCUT2D eigenvalue weighted by atomic mass is 10.0. The minimum absolute atomic E-state index is 0.110. The molecular formula is C12H20O3. The van der Waals surface area contributed by atoms with Crippen LogP contribution in [0.5, 0.6) is 0 Å². The van der Waals surface area contributed by atoms with Gasteiger partial charge in [-0.3, -0.25) is 9.59 Å². The number of hydrogen-bond acceptors (Lipinski definition) is 3. The first kappa shape index (κ1) is 12.2. The maximum Gasteiger partial charge on any atom is 0.306 e. The van der Waals surface area contributed by atoms with E-state index in [1.807, 2.05) is 6.92 Å². The van der Waals surface area contributed by atoms with Crippen molar-refractivity contribution in [2.24, 2.45) is 0 Å². The SMILES string of the molecule is CC1CCC(=O)CCCCCCC(=O)O1. The fourth-order valence-electron chi connectivity index (χ4n) is 1.78. The fraction of sp³-hybridized carbons (Fsp3) is 0.833. The molecule has 1 atom stereocenters. The lowest BCUT2D eigenvalue weighted by molar-refractivity contribution is -0.149. The van der Waals surface area contributed by atoms with Crippen LogP contribution in [0.25, 0.3) is 0 Å². The van der Waals surface area contributed by atoms with Crippen LogP contribution in [0.3, 0.4) is 0 Å². The van der Waals surface area contributed by atoms with Crippen LogP contribution in [0.4, 0.5) is 0 Å². The Labute approximate surface area is 91.2 Å². The van der Waals surface area contributed by atoms with Crippen LogP contribution in [-0.4, -0.2) is 17.9 Å². The molecule has 1 aliphatic heterocycles. The molecule has 0 bridgehead atoms. The lowest BCUT2D eigenvalue weighted by Crippen LogP contribution is -2.16. The van der Waals surface area contributed by atoms with E-state index in [9.17, 15) is 9.59 Å². The number of esters is 1. The van der Waals surface area contributed by atoms with Crippen LogP contribution in [0.2, 0.25) is 0 Å². The first-order valence-electron chi connectivity index (χ1n) is 5.89. The van der Waals surface area contributed by atoms with E-state index in [1.165, 1.54) is 0 Å². The van der Waals surface area contributed by atoms with Gasteiger partial charge in [0.05, 0.1) is 6.10 Å². The van der Waals surface area contributed by atoms with Crippen LogP contribution in [-0.2, 0) is 14.3 Å². The van der Waals surface area contributed by atoms with E-state index < -0.39 is 0 Å². The number of carbonyl (C=O) groups is 2. The van der Waals surface area contributed by atoms with Gasteiger partial charge in [0, 0.05) is 19.3 Å². The number of ether oxygens (including phenoxy) is 1. The van der Waals surface area contributed by atoms with Crippen LogP contribution in [0.15, 0.2) is 0 Å². The van der Waals surface area contributed by atoms with Crippen molar-refractivity contribution in [2.45, 2.75) is 64.4 Å². The third-order valence-electron chi connectivity index (χ3n) is 2.75. The Morgan fingerprint density at radius 3 is 2.40 bits per heavy atom. The van der Waals surface area contributed by atoms with Gasteiger partial charge in [-0.15, -0.1) is 0 Å². The Morgan fingerprint density at radius 1 is 1.00 bits per heavy atom. The molecule has 3 heteroatoms. The number of hydrogen-bond donors (Lipinski definition) is 0. The van der Waals surface area contributed by atoms with Gasteiger partial charge in [0.15, 0.2) is 0 Å². The van der Waals surface area contributed by atoms with Crippen molar-refractivity contribution in [1.29, 1.82) is 0 Å². The summed E-state index contributed by atoms with van der Waals surface area (Å²) in [6, 6.07) is 0. The summed E-state index contributed by atoms with van der Waals surface area (Å²) in [6.45, 7) is 1.86. The summed E-state index contributed by atoms with van der Waals surface area (Å²) in [5.74, 6) is 0.189. The zero-order valence-electron chi connectivity index (χ0n) is 9.46. The molecule has 1 aliphatic rings. The van der Waals surface area contributed by atoms with Gasteiger partial charge in [-0.25, -0.2) is 0 Å². The zero-order chi connectivity index (χ0) is 11.1. The summed E-state index contributed by atoms with van der Waals surface area (Å²) in [5.41, 5.74) is 0. The molecule has 0 aromatic carbocycles. The maximum absolute atomic E-state index is 11.4. The van der Waals surface area contributed by atoms with Crippen molar-refractivity contribution >= 4 is 11.8 Å². The standard InChI is InChI=1S/C12H20O3/c1-10-8-9-11(13)6-4-2-3-5-7-12(14)15-10/h10H,2-9H2,1H3. The highest BCUT2D eigenvalue weighted by atomic mass is 16.5. The Bertz CT molecular complexity index is 223. The van der Waals surface area contributed by atoms with Crippen molar-refractivity contribution in [1.82, 2.24) is 0 Å². The molecule has 0 radical (unpaired) electrons. The van der Waals surface area contributed by atoms with Crippen molar-refractivity contribution in [2.75, 3.05) is 0 Å². The number of Topliss-reactive ketones (excluding diaryl/α,β-unsaturated/α-hetero) is 1. The number of rotatable bonds is 0. The van der Waals surface area contributed by atoms with Crippen molar-refractivity contribution in [3.63, 3.8) is 0 Å². The number of cyclic esters (lactones) is 1. The van der Waals surface area contributed by atoms with E-state index >= 15 is 0 Å². The highest BCUT2D eigenvalue weighted by molar-refractivity contribution is 5.78. The summed E-state index contributed by atoms with van der Waals surface area (Å²) in [5, 5.41) is 0. The second-order valence-electron chi connectivity index (χ2n) is 4.29. The van der Waals surface area contributed by atoms with Gasteiger partial charge in [-0.1, -0.05) is 12.8 Å². The quantitative estimate of drug-likeness (QED) is 0.580. The van der Waals surface area contributed by atoms with Gasteiger partial charge < -0.3 is 4.74 Å². The monoisotopic (exact) mass is 212 g/mol. The van der Waals surface area contributed by atoms with Gasteiger partial charge in [-0.2, -0.15) is 0 Å². The minimum Gasteiger partial charge on any atom is -0.463 e. The summed E-state index contributed by atoms with van der Waals surface area (Å²) >= 11 is 0. The van der Waals surface area contributed by atoms with Gasteiger partial charge >= 0.3 is 5.97 Å². The summed E-state index contributed by atoms with van der Waals surface area (Å²) in [7, 11) is 0. The normalized spacial score (nSPS) is 26.3. The molecule has 1 heterocycles. The molecule has 1 fully saturated rings. The van der Waals surface area contributed by atoms with Crippen molar-refractivity contribution in [3.8, 4) is 0 Å². The first-order valence-corrected chi connectivity index (χ1v) is 5.89. The molecule has 1 rings (SSSR count). The number of ketones is 1. The van der Waals surface area contributed by atoms with E-state index in [1.54, 1.807) is 0 Å². The van der Waals surface area contributed by atoms with Crippen molar-refractivity contribution in [3.05, 3.63) is 0 Å². The minimum atomic E-state index is -0.115. The van der Waals surface area contributed by atoms with E-state index in [-0.39, 0.29) is 12.1 Å². The summed E-state index contributed by atoms with van der Waals surface area (Å²) in [6.07, 6.45) is 6.27. The van der Waals surface area contributed by atoms with Gasteiger partial charge in [-0.05, 0) is 26.2 Å². The Morgan fingerprint density at radius 2 is 1.67 bits per heavy atom. The van der Waals surface area contributed by atoms with Crippen LogP contribution >= 0.6 is 0 Å². The summed E-state index contributed by atoms with van der Waals surface area (Å²) in [4.78, 5) is 22.7. The van der Waals surface area contributed by atoms with E-state index in [0.717, 1.165) is 25.7 Å². The highest BCUT2D eigenvalue weighted by Gasteiger charge is 2.12. The first-order chi connectivity index (χ1) is 7.18. The van der Waals surface area contributed by atoms with Gasteiger partial charge in [0.1, 0.15) is 5.78 Å². The van der Waals surface area contributed by atoms with Gasteiger partial charge in [0.2, 0.25) is 0 Å². The average Bonchev–Trinajstić information content (AvgIpc) is 2.18. The smallest absolute Gasteiger partial charge is 0.306 e.